The van der Waals surface area contributed by atoms with E-state index in [2.05, 4.69) is 18.1 Å². The number of aryl methyl sites for hydroxylation is 1. The van der Waals surface area contributed by atoms with Crippen LogP contribution in [-0.4, -0.2) is 4.98 Å². The second kappa shape index (κ2) is 10.8. The van der Waals surface area contributed by atoms with Crippen molar-refractivity contribution in [2.75, 3.05) is 0 Å². The Morgan fingerprint density at radius 1 is 1.40 bits per heavy atom. The highest BCUT2D eigenvalue weighted by molar-refractivity contribution is 4.80. The molecule has 0 amide bonds. The van der Waals surface area contributed by atoms with Gasteiger partial charge < -0.3 is 4.42 Å². The van der Waals surface area contributed by atoms with Crippen LogP contribution >= 0.6 is 0 Å². The van der Waals surface area contributed by atoms with Crippen LogP contribution in [0.5, 0.6) is 0 Å². The van der Waals surface area contributed by atoms with Crippen molar-refractivity contribution in [2.24, 2.45) is 0 Å². The van der Waals surface area contributed by atoms with E-state index < -0.39 is 0 Å². The molecule has 0 bridgehead atoms. The van der Waals surface area contributed by atoms with E-state index >= 15 is 0 Å². The minimum absolute atomic E-state index is 0.856. The van der Waals surface area contributed by atoms with Crippen LogP contribution in [0.1, 0.15) is 19.6 Å². The summed E-state index contributed by atoms with van der Waals surface area (Å²) in [6, 6.07) is 0. The average Bonchev–Trinajstić information content (AvgIpc) is 2.48. The zero-order chi connectivity index (χ0) is 8.41. The van der Waals surface area contributed by atoms with Gasteiger partial charge in [0, 0.05) is 0 Å². The highest BCUT2D eigenvalue weighted by Gasteiger charge is 1.77. The van der Waals surface area contributed by atoms with Crippen LogP contribution in [-0.2, 0) is 0 Å². The number of rotatable bonds is 0. The standard InChI is InChI=1S/C4H5NO.C2H6.C2H4/c1-4-2-5-3-6-4;2*1-2/h2-3H,1H3;1-2H3;1-2H2. The number of hydrogen-bond donors (Lipinski definition) is 0. The summed E-state index contributed by atoms with van der Waals surface area (Å²) in [5.74, 6) is 0.856. The summed E-state index contributed by atoms with van der Waals surface area (Å²) in [6.45, 7) is 11.9. The van der Waals surface area contributed by atoms with Crippen molar-refractivity contribution in [3.8, 4) is 0 Å². The highest BCUT2D eigenvalue weighted by atomic mass is 16.3. The molecular formula is C8H15NO. The number of hydrogen-bond acceptors (Lipinski definition) is 2. The maximum absolute atomic E-state index is 4.72. The van der Waals surface area contributed by atoms with Crippen molar-refractivity contribution in [3.05, 3.63) is 31.5 Å². The van der Waals surface area contributed by atoms with Gasteiger partial charge in [-0.3, -0.25) is 0 Å². The third-order valence-electron chi connectivity index (χ3n) is 0.556. The SMILES string of the molecule is C=C.CC.Cc1cnco1. The van der Waals surface area contributed by atoms with Gasteiger partial charge in [-0.05, 0) is 6.92 Å². The maximum Gasteiger partial charge on any atom is 0.180 e. The van der Waals surface area contributed by atoms with E-state index in [0.717, 1.165) is 5.76 Å². The summed E-state index contributed by atoms with van der Waals surface area (Å²) in [4.78, 5) is 3.66. The Balaban J connectivity index is 0. The van der Waals surface area contributed by atoms with Gasteiger partial charge in [0.1, 0.15) is 5.76 Å². The minimum Gasteiger partial charge on any atom is -0.449 e. The number of oxazole rings is 1. The van der Waals surface area contributed by atoms with Crippen molar-refractivity contribution in [3.63, 3.8) is 0 Å². The number of nitrogens with zero attached hydrogens (tertiary/aromatic N) is 1. The summed E-state index contributed by atoms with van der Waals surface area (Å²) in [5, 5.41) is 0. The lowest BCUT2D eigenvalue weighted by atomic mass is 10.6. The zero-order valence-corrected chi connectivity index (χ0v) is 6.92. The molecule has 2 nitrogen and oxygen atoms in total. The Kier molecular flexibility index (Phi) is 12.7. The van der Waals surface area contributed by atoms with Crippen molar-refractivity contribution in [1.29, 1.82) is 0 Å². The van der Waals surface area contributed by atoms with Crippen molar-refractivity contribution in [2.45, 2.75) is 20.8 Å². The predicted octanol–water partition coefficient (Wildman–Crippen LogP) is 2.81. The van der Waals surface area contributed by atoms with Gasteiger partial charge in [0.05, 0.1) is 6.20 Å². The smallest absolute Gasteiger partial charge is 0.180 e. The Labute approximate surface area is 62.6 Å². The first-order valence-electron chi connectivity index (χ1n) is 3.24. The van der Waals surface area contributed by atoms with Gasteiger partial charge >= 0.3 is 0 Å². The molecule has 0 aliphatic carbocycles. The molecule has 2 heteroatoms. The van der Waals surface area contributed by atoms with Gasteiger partial charge in [-0.15, -0.1) is 13.2 Å². The van der Waals surface area contributed by atoms with E-state index in [0.29, 0.717) is 0 Å². The molecule has 0 unspecified atom stereocenters. The highest BCUT2D eigenvalue weighted by Crippen LogP contribution is 1.88. The molecular weight excluding hydrogens is 126 g/mol. The lowest BCUT2D eigenvalue weighted by Crippen LogP contribution is -1.50. The van der Waals surface area contributed by atoms with Crippen molar-refractivity contribution < 1.29 is 4.42 Å². The molecule has 0 saturated heterocycles. The van der Waals surface area contributed by atoms with Gasteiger partial charge in [-0.25, -0.2) is 4.98 Å². The van der Waals surface area contributed by atoms with Crippen molar-refractivity contribution in [1.82, 2.24) is 4.98 Å². The molecule has 0 aromatic carbocycles. The predicted molar refractivity (Wildman–Crippen MR) is 43.8 cm³/mol. The van der Waals surface area contributed by atoms with Crippen LogP contribution < -0.4 is 0 Å². The Morgan fingerprint density at radius 2 is 1.90 bits per heavy atom. The van der Waals surface area contributed by atoms with Gasteiger partial charge in [0.25, 0.3) is 0 Å². The molecule has 0 fully saturated rings. The van der Waals surface area contributed by atoms with Gasteiger partial charge in [-0.2, -0.15) is 0 Å². The van der Waals surface area contributed by atoms with E-state index in [4.69, 9.17) is 4.42 Å². The largest absolute Gasteiger partial charge is 0.449 e. The molecule has 0 aliphatic rings. The monoisotopic (exact) mass is 141 g/mol. The van der Waals surface area contributed by atoms with Crippen LogP contribution in [0.25, 0.3) is 0 Å². The van der Waals surface area contributed by atoms with Crippen LogP contribution in [0.2, 0.25) is 0 Å². The summed E-state index contributed by atoms with van der Waals surface area (Å²) >= 11 is 0. The van der Waals surface area contributed by atoms with E-state index in [1.54, 1.807) is 6.20 Å². The fourth-order valence-electron chi connectivity index (χ4n) is 0.279. The Bertz CT molecular complexity index is 124. The molecule has 0 aliphatic heterocycles. The quantitative estimate of drug-likeness (QED) is 0.519. The summed E-state index contributed by atoms with van der Waals surface area (Å²) < 4.78 is 4.72. The molecule has 0 N–H and O–H groups in total. The molecule has 0 radical (unpaired) electrons. The molecule has 0 spiro atoms. The molecule has 1 aromatic rings. The van der Waals surface area contributed by atoms with Crippen LogP contribution in [0.3, 0.4) is 0 Å². The molecule has 1 aromatic heterocycles. The van der Waals surface area contributed by atoms with Crippen molar-refractivity contribution >= 4 is 0 Å². The summed E-state index contributed by atoms with van der Waals surface area (Å²) in [5.41, 5.74) is 0. The minimum atomic E-state index is 0.856. The maximum atomic E-state index is 4.72. The van der Waals surface area contributed by atoms with E-state index in [1.165, 1.54) is 6.39 Å². The second-order valence-electron chi connectivity index (χ2n) is 1.11. The molecule has 10 heavy (non-hydrogen) atoms. The van der Waals surface area contributed by atoms with Crippen LogP contribution in [0, 0.1) is 6.92 Å². The molecule has 58 valence electrons. The molecule has 0 saturated carbocycles. The number of aromatic nitrogens is 1. The fourth-order valence-corrected chi connectivity index (χ4v) is 0.279. The third kappa shape index (κ3) is 6.95. The van der Waals surface area contributed by atoms with E-state index in [1.807, 2.05) is 20.8 Å². The van der Waals surface area contributed by atoms with E-state index in [-0.39, 0.29) is 0 Å². The Morgan fingerprint density at radius 3 is 2.00 bits per heavy atom. The fraction of sp³-hybridized carbons (Fsp3) is 0.375. The zero-order valence-electron chi connectivity index (χ0n) is 6.92. The van der Waals surface area contributed by atoms with Crippen LogP contribution in [0.15, 0.2) is 30.2 Å². The average molecular weight is 141 g/mol. The molecule has 1 rings (SSSR count). The van der Waals surface area contributed by atoms with Gasteiger partial charge in [0.15, 0.2) is 6.39 Å². The Hall–Kier alpha value is -1.05. The molecule has 0 atom stereocenters. The van der Waals surface area contributed by atoms with Crippen LogP contribution in [0.4, 0.5) is 0 Å². The third-order valence-corrected chi connectivity index (χ3v) is 0.556. The first-order valence-corrected chi connectivity index (χ1v) is 3.24. The van der Waals surface area contributed by atoms with Gasteiger partial charge in [-0.1, -0.05) is 13.8 Å². The first-order chi connectivity index (χ1) is 4.89. The lowest BCUT2D eigenvalue weighted by Gasteiger charge is -1.66. The topological polar surface area (TPSA) is 26.0 Å². The summed E-state index contributed by atoms with van der Waals surface area (Å²) in [6.07, 6.45) is 3.08. The second-order valence-corrected chi connectivity index (χ2v) is 1.11. The normalized spacial score (nSPS) is 6.30. The lowest BCUT2D eigenvalue weighted by molar-refractivity contribution is 0.527. The molecule has 1 heterocycles. The van der Waals surface area contributed by atoms with E-state index in [9.17, 15) is 0 Å². The van der Waals surface area contributed by atoms with Gasteiger partial charge in [0.2, 0.25) is 0 Å². The summed E-state index contributed by atoms with van der Waals surface area (Å²) in [7, 11) is 0. The first kappa shape index (κ1) is 11.7.